The van der Waals surface area contributed by atoms with Crippen molar-refractivity contribution in [1.82, 2.24) is 10.0 Å². The molecule has 1 aromatic rings. The Hall–Kier alpha value is -0.910. The van der Waals surface area contributed by atoms with Crippen molar-refractivity contribution in [1.29, 1.82) is 0 Å². The third-order valence-electron chi connectivity index (χ3n) is 4.12. The molecule has 0 aromatic heterocycles. The first-order chi connectivity index (χ1) is 9.45. The van der Waals surface area contributed by atoms with E-state index in [1.165, 1.54) is 0 Å². The van der Waals surface area contributed by atoms with Crippen LogP contribution in [0.4, 0.5) is 0 Å². The first-order valence-corrected chi connectivity index (χ1v) is 8.73. The number of nitrogens with one attached hydrogen (secondary N) is 2. The monoisotopic (exact) mass is 296 g/mol. The predicted octanol–water partition coefficient (Wildman–Crippen LogP) is 1.92. The van der Waals surface area contributed by atoms with E-state index in [-0.39, 0.29) is 5.41 Å². The Morgan fingerprint density at radius 2 is 2.00 bits per heavy atom. The molecule has 0 atom stereocenters. The van der Waals surface area contributed by atoms with Crippen molar-refractivity contribution in [2.24, 2.45) is 5.41 Å². The van der Waals surface area contributed by atoms with E-state index in [2.05, 4.69) is 17.0 Å². The van der Waals surface area contributed by atoms with Crippen LogP contribution in [0.5, 0.6) is 0 Å². The summed E-state index contributed by atoms with van der Waals surface area (Å²) in [5, 5.41) is 3.31. The van der Waals surface area contributed by atoms with Gasteiger partial charge in [0.25, 0.3) is 0 Å². The Morgan fingerprint density at radius 3 is 2.65 bits per heavy atom. The van der Waals surface area contributed by atoms with Crippen LogP contribution in [-0.2, 0) is 16.4 Å². The molecule has 5 heteroatoms. The standard InChI is InChI=1S/C15H24N2O2S/c1-3-13-5-4-6-14(11-13)20(18,19)17-12-15(2)7-9-16-10-8-15/h4-6,11,16-17H,3,7-10,12H2,1-2H3. The molecule has 0 saturated carbocycles. The van der Waals surface area contributed by atoms with Gasteiger partial charge in [-0.3, -0.25) is 0 Å². The first kappa shape index (κ1) is 15.5. The lowest BCUT2D eigenvalue weighted by Gasteiger charge is -2.34. The molecular weight excluding hydrogens is 272 g/mol. The molecule has 0 bridgehead atoms. The SMILES string of the molecule is CCc1cccc(S(=O)(=O)NCC2(C)CCNCC2)c1. The molecule has 1 saturated heterocycles. The van der Waals surface area contributed by atoms with Crippen LogP contribution in [0, 0.1) is 5.41 Å². The Labute approximate surface area is 122 Å². The molecule has 2 N–H and O–H groups in total. The summed E-state index contributed by atoms with van der Waals surface area (Å²) in [6, 6.07) is 7.17. The minimum Gasteiger partial charge on any atom is -0.317 e. The van der Waals surface area contributed by atoms with Gasteiger partial charge in [0, 0.05) is 6.54 Å². The van der Waals surface area contributed by atoms with Crippen LogP contribution in [0.1, 0.15) is 32.3 Å². The molecule has 1 aliphatic rings. The van der Waals surface area contributed by atoms with E-state index < -0.39 is 10.0 Å². The van der Waals surface area contributed by atoms with Gasteiger partial charge < -0.3 is 5.32 Å². The fraction of sp³-hybridized carbons (Fsp3) is 0.600. The van der Waals surface area contributed by atoms with Gasteiger partial charge in [0.2, 0.25) is 10.0 Å². The molecule has 20 heavy (non-hydrogen) atoms. The summed E-state index contributed by atoms with van der Waals surface area (Å²) in [6.45, 7) is 6.61. The highest BCUT2D eigenvalue weighted by Gasteiger charge is 2.28. The molecule has 0 aliphatic carbocycles. The van der Waals surface area contributed by atoms with Gasteiger partial charge in [0.05, 0.1) is 4.90 Å². The number of hydrogen-bond donors (Lipinski definition) is 2. The summed E-state index contributed by atoms with van der Waals surface area (Å²) in [5.41, 5.74) is 1.10. The average Bonchev–Trinajstić information content (AvgIpc) is 2.46. The first-order valence-electron chi connectivity index (χ1n) is 7.24. The lowest BCUT2D eigenvalue weighted by atomic mass is 9.81. The van der Waals surface area contributed by atoms with Crippen molar-refractivity contribution in [2.45, 2.75) is 38.0 Å². The second-order valence-corrected chi connectivity index (χ2v) is 7.65. The number of sulfonamides is 1. The second-order valence-electron chi connectivity index (χ2n) is 5.89. The zero-order chi connectivity index (χ0) is 14.6. The van der Waals surface area contributed by atoms with Gasteiger partial charge in [-0.25, -0.2) is 13.1 Å². The molecule has 1 fully saturated rings. The highest BCUT2D eigenvalue weighted by atomic mass is 32.2. The Balaban J connectivity index is 2.06. The fourth-order valence-electron chi connectivity index (χ4n) is 2.49. The average molecular weight is 296 g/mol. The summed E-state index contributed by atoms with van der Waals surface area (Å²) in [4.78, 5) is 0.370. The van der Waals surface area contributed by atoms with Crippen molar-refractivity contribution in [3.05, 3.63) is 29.8 Å². The third kappa shape index (κ3) is 3.81. The zero-order valence-electron chi connectivity index (χ0n) is 12.3. The van der Waals surface area contributed by atoms with Gasteiger partial charge in [-0.1, -0.05) is 26.0 Å². The van der Waals surface area contributed by atoms with Crippen LogP contribution in [0.3, 0.4) is 0 Å². The molecule has 0 radical (unpaired) electrons. The summed E-state index contributed by atoms with van der Waals surface area (Å²) in [7, 11) is -3.40. The minimum atomic E-state index is -3.40. The van der Waals surface area contributed by atoms with E-state index in [9.17, 15) is 8.42 Å². The molecule has 4 nitrogen and oxygen atoms in total. The largest absolute Gasteiger partial charge is 0.317 e. The van der Waals surface area contributed by atoms with Crippen molar-refractivity contribution >= 4 is 10.0 Å². The molecule has 112 valence electrons. The van der Waals surface area contributed by atoms with E-state index in [0.717, 1.165) is 37.9 Å². The Bertz CT molecular complexity index is 549. The summed E-state index contributed by atoms with van der Waals surface area (Å²) in [5.74, 6) is 0. The lowest BCUT2D eigenvalue weighted by Crippen LogP contribution is -2.42. The predicted molar refractivity (Wildman–Crippen MR) is 81.2 cm³/mol. The fourth-order valence-corrected chi connectivity index (χ4v) is 3.76. The van der Waals surface area contributed by atoms with Crippen LogP contribution >= 0.6 is 0 Å². The number of benzene rings is 1. The van der Waals surface area contributed by atoms with Crippen molar-refractivity contribution in [3.8, 4) is 0 Å². The molecule has 0 amide bonds. The van der Waals surface area contributed by atoms with Crippen molar-refractivity contribution < 1.29 is 8.42 Å². The maximum Gasteiger partial charge on any atom is 0.240 e. The van der Waals surface area contributed by atoms with Gasteiger partial charge in [-0.2, -0.15) is 0 Å². The molecule has 2 rings (SSSR count). The van der Waals surface area contributed by atoms with Crippen LogP contribution in [-0.4, -0.2) is 28.1 Å². The van der Waals surface area contributed by atoms with Gasteiger partial charge in [-0.05, 0) is 55.5 Å². The summed E-state index contributed by atoms with van der Waals surface area (Å²) >= 11 is 0. The van der Waals surface area contributed by atoms with E-state index in [1.807, 2.05) is 13.0 Å². The number of aryl methyl sites for hydroxylation is 1. The topological polar surface area (TPSA) is 58.2 Å². The van der Waals surface area contributed by atoms with E-state index >= 15 is 0 Å². The van der Waals surface area contributed by atoms with Crippen LogP contribution < -0.4 is 10.0 Å². The normalized spacial score (nSPS) is 18.9. The van der Waals surface area contributed by atoms with Gasteiger partial charge >= 0.3 is 0 Å². The molecule has 0 spiro atoms. The van der Waals surface area contributed by atoms with Crippen LogP contribution in [0.25, 0.3) is 0 Å². The quantitative estimate of drug-likeness (QED) is 0.873. The maximum absolute atomic E-state index is 12.4. The Morgan fingerprint density at radius 1 is 1.30 bits per heavy atom. The Kier molecular flexibility index (Phi) is 4.83. The molecule has 0 unspecified atom stereocenters. The lowest BCUT2D eigenvalue weighted by molar-refractivity contribution is 0.232. The minimum absolute atomic E-state index is 0.0562. The van der Waals surface area contributed by atoms with Crippen LogP contribution in [0.2, 0.25) is 0 Å². The smallest absolute Gasteiger partial charge is 0.240 e. The molecule has 1 heterocycles. The molecule has 1 aliphatic heterocycles. The van der Waals surface area contributed by atoms with Gasteiger partial charge in [0.1, 0.15) is 0 Å². The molecule has 1 aromatic carbocycles. The van der Waals surface area contributed by atoms with Crippen LogP contribution in [0.15, 0.2) is 29.2 Å². The highest BCUT2D eigenvalue weighted by Crippen LogP contribution is 2.27. The third-order valence-corrected chi connectivity index (χ3v) is 5.52. The number of rotatable bonds is 5. The van der Waals surface area contributed by atoms with Crippen molar-refractivity contribution in [3.63, 3.8) is 0 Å². The zero-order valence-corrected chi connectivity index (χ0v) is 13.1. The van der Waals surface area contributed by atoms with E-state index in [4.69, 9.17) is 0 Å². The maximum atomic E-state index is 12.4. The van der Waals surface area contributed by atoms with E-state index in [1.54, 1.807) is 18.2 Å². The second kappa shape index (κ2) is 6.24. The van der Waals surface area contributed by atoms with Gasteiger partial charge in [-0.15, -0.1) is 0 Å². The number of piperidine rings is 1. The van der Waals surface area contributed by atoms with Gasteiger partial charge in [0.15, 0.2) is 0 Å². The van der Waals surface area contributed by atoms with Crippen molar-refractivity contribution in [2.75, 3.05) is 19.6 Å². The summed E-state index contributed by atoms with van der Waals surface area (Å²) < 4.78 is 27.5. The highest BCUT2D eigenvalue weighted by molar-refractivity contribution is 7.89. The summed E-state index contributed by atoms with van der Waals surface area (Å²) in [6.07, 6.45) is 2.85. The number of hydrogen-bond acceptors (Lipinski definition) is 3. The van der Waals surface area contributed by atoms with E-state index in [0.29, 0.717) is 11.4 Å². The molecular formula is C15H24N2O2S.